The van der Waals surface area contributed by atoms with Gasteiger partial charge in [0.1, 0.15) is 0 Å². The molecule has 1 rings (SSSR count). The first-order valence-electron chi connectivity index (χ1n) is 10.2. The van der Waals surface area contributed by atoms with Gasteiger partial charge >= 0.3 is 0 Å². The third-order valence-electron chi connectivity index (χ3n) is 5.27. The van der Waals surface area contributed by atoms with Crippen molar-refractivity contribution in [2.24, 2.45) is 5.92 Å². The van der Waals surface area contributed by atoms with E-state index in [2.05, 4.69) is 57.2 Å². The molecule has 1 aromatic heterocycles. The normalized spacial score (nSPS) is 16.2. The van der Waals surface area contributed by atoms with Gasteiger partial charge in [-0.15, -0.1) is 11.3 Å². The predicted octanol–water partition coefficient (Wildman–Crippen LogP) is 6.40. The molecule has 0 spiro atoms. The monoisotopic (exact) mass is 459 g/mol. The van der Waals surface area contributed by atoms with Gasteiger partial charge in [-0.3, -0.25) is 0 Å². The lowest BCUT2D eigenvalue weighted by Gasteiger charge is -2.39. The minimum absolute atomic E-state index is 0.0528. The average Bonchev–Trinajstić information content (AvgIpc) is 3.01. The van der Waals surface area contributed by atoms with E-state index in [9.17, 15) is 0 Å². The van der Waals surface area contributed by atoms with Crippen molar-refractivity contribution in [3.8, 4) is 0 Å². The molecule has 1 heterocycles. The number of aromatic nitrogens is 1. The molecule has 29 heavy (non-hydrogen) atoms. The first-order valence-corrected chi connectivity index (χ1v) is 14.3. The first kappa shape index (κ1) is 26.5. The van der Waals surface area contributed by atoms with E-state index in [-0.39, 0.29) is 23.7 Å². The highest BCUT2D eigenvalue weighted by molar-refractivity contribution is 7.09. The summed E-state index contributed by atoms with van der Waals surface area (Å²) < 4.78 is 12.3. The summed E-state index contributed by atoms with van der Waals surface area (Å²) in [5, 5.41) is 13.0. The zero-order valence-corrected chi connectivity index (χ0v) is 21.8. The zero-order chi connectivity index (χ0) is 22.2. The Bertz CT molecular complexity index is 694. The second-order valence-electron chi connectivity index (χ2n) is 9.24. The van der Waals surface area contributed by atoms with Gasteiger partial charge in [0.15, 0.2) is 8.32 Å². The largest absolute Gasteiger partial charge is 0.410 e. The molecule has 1 N–H and O–H groups in total. The summed E-state index contributed by atoms with van der Waals surface area (Å²) >= 11 is 8.03. The molecule has 1 aromatic rings. The Morgan fingerprint density at radius 3 is 2.55 bits per heavy atom. The van der Waals surface area contributed by atoms with E-state index >= 15 is 0 Å². The van der Waals surface area contributed by atoms with Crippen LogP contribution in [0.4, 0.5) is 0 Å². The minimum atomic E-state index is -1.95. The Hall–Kier alpha value is -0.503. The first-order chi connectivity index (χ1) is 13.4. The highest BCUT2D eigenvalue weighted by Gasteiger charge is 2.39. The Labute approximate surface area is 187 Å². The van der Waals surface area contributed by atoms with E-state index in [0.717, 1.165) is 16.3 Å². The summed E-state index contributed by atoms with van der Waals surface area (Å²) in [7, 11) is -1.95. The van der Waals surface area contributed by atoms with Gasteiger partial charge in [-0.05, 0) is 50.0 Å². The van der Waals surface area contributed by atoms with Crippen molar-refractivity contribution in [3.05, 3.63) is 32.8 Å². The van der Waals surface area contributed by atoms with Crippen molar-refractivity contribution >= 4 is 37.3 Å². The number of thiazole rings is 1. The van der Waals surface area contributed by atoms with E-state index in [0.29, 0.717) is 24.7 Å². The molecular formula is C22H38ClNO3SSi. The van der Waals surface area contributed by atoms with Crippen LogP contribution in [0.5, 0.6) is 0 Å². The van der Waals surface area contributed by atoms with Crippen molar-refractivity contribution in [2.75, 3.05) is 19.8 Å². The second-order valence-corrected chi connectivity index (χ2v) is 15.5. The molecule has 0 saturated carbocycles. The molecule has 4 nitrogen and oxygen atoms in total. The van der Waals surface area contributed by atoms with Gasteiger partial charge in [0, 0.05) is 22.9 Å². The molecule has 0 aliphatic rings. The molecule has 2 atom stereocenters. The van der Waals surface area contributed by atoms with Crippen molar-refractivity contribution in [2.45, 2.75) is 72.2 Å². The molecule has 0 radical (unpaired) electrons. The van der Waals surface area contributed by atoms with E-state index in [4.69, 9.17) is 25.9 Å². The number of halogens is 1. The number of rotatable bonds is 11. The maximum atomic E-state index is 9.08. The summed E-state index contributed by atoms with van der Waals surface area (Å²) in [6, 6.07) is 0. The summed E-state index contributed by atoms with van der Waals surface area (Å²) in [6.45, 7) is 18.3. The molecular weight excluding hydrogens is 422 g/mol. The molecule has 0 aliphatic heterocycles. The lowest BCUT2D eigenvalue weighted by atomic mass is 10.1. The summed E-state index contributed by atoms with van der Waals surface area (Å²) in [5.74, 6) is 0.112. The molecule has 0 unspecified atom stereocenters. The van der Waals surface area contributed by atoms with Crippen molar-refractivity contribution < 1.29 is 14.3 Å². The van der Waals surface area contributed by atoms with Gasteiger partial charge in [0.25, 0.3) is 0 Å². The third-order valence-corrected chi connectivity index (χ3v) is 10.8. The number of aryl methyl sites for hydroxylation is 1. The molecule has 0 aliphatic carbocycles. The van der Waals surface area contributed by atoms with Crippen LogP contribution in [0, 0.1) is 12.8 Å². The fraction of sp³-hybridized carbons (Fsp3) is 0.682. The van der Waals surface area contributed by atoms with Crippen LogP contribution in [0.3, 0.4) is 0 Å². The maximum Gasteiger partial charge on any atom is 0.192 e. The van der Waals surface area contributed by atoms with Gasteiger partial charge in [-0.2, -0.15) is 0 Å². The van der Waals surface area contributed by atoms with Crippen LogP contribution in [0.15, 0.2) is 22.1 Å². The van der Waals surface area contributed by atoms with Gasteiger partial charge in [-0.25, -0.2) is 4.98 Å². The molecule has 166 valence electrons. The van der Waals surface area contributed by atoms with Crippen LogP contribution in [0.2, 0.25) is 18.1 Å². The van der Waals surface area contributed by atoms with Crippen LogP contribution >= 0.6 is 22.9 Å². The number of hydrogen-bond acceptors (Lipinski definition) is 5. The van der Waals surface area contributed by atoms with Gasteiger partial charge < -0.3 is 14.3 Å². The van der Waals surface area contributed by atoms with Crippen LogP contribution in [-0.2, 0) is 9.16 Å². The van der Waals surface area contributed by atoms with Crippen LogP contribution in [-0.4, -0.2) is 44.3 Å². The summed E-state index contributed by atoms with van der Waals surface area (Å²) in [5.41, 5.74) is 2.13. The van der Waals surface area contributed by atoms with E-state index in [1.807, 2.05) is 19.9 Å². The maximum absolute atomic E-state index is 9.08. The number of aliphatic hydroxyl groups excluding tert-OH is 1. The molecule has 0 saturated heterocycles. The number of ether oxygens (including phenoxy) is 1. The standard InChI is InChI=1S/C22H38ClNO3SSi/c1-16(12-25)13-26-14-19(23)9-10-21(27-29(7,8)22(4,5)6)17(2)11-20-15-28-18(3)24-20/h9,11,15-16,21,25H,10,12-14H2,1-8H3/b17-11+,19-9+/t16-,21-/m0/s1. The van der Waals surface area contributed by atoms with Crippen LogP contribution < -0.4 is 0 Å². The van der Waals surface area contributed by atoms with Crippen molar-refractivity contribution in [1.29, 1.82) is 0 Å². The SMILES string of the molecule is C/C(=C\c1csc(C)n1)[C@H](C/C=C(/Cl)COC[C@@H](C)CO)O[Si](C)(C)C(C)(C)C. The van der Waals surface area contributed by atoms with Crippen LogP contribution in [0.25, 0.3) is 6.08 Å². The molecule has 0 aromatic carbocycles. The van der Waals surface area contributed by atoms with E-state index in [1.54, 1.807) is 11.3 Å². The Morgan fingerprint density at radius 1 is 1.38 bits per heavy atom. The second kappa shape index (κ2) is 11.8. The van der Waals surface area contributed by atoms with Crippen molar-refractivity contribution in [1.82, 2.24) is 4.98 Å². The quantitative estimate of drug-likeness (QED) is 0.389. The van der Waals surface area contributed by atoms with Gasteiger partial charge in [0.2, 0.25) is 0 Å². The lowest BCUT2D eigenvalue weighted by Crippen LogP contribution is -2.44. The predicted molar refractivity (Wildman–Crippen MR) is 128 cm³/mol. The summed E-state index contributed by atoms with van der Waals surface area (Å²) in [4.78, 5) is 4.55. The topological polar surface area (TPSA) is 51.6 Å². The van der Waals surface area contributed by atoms with Crippen LogP contribution in [0.1, 0.15) is 51.7 Å². The minimum Gasteiger partial charge on any atom is -0.410 e. The fourth-order valence-electron chi connectivity index (χ4n) is 2.34. The number of nitrogens with zero attached hydrogens (tertiary/aromatic N) is 1. The Balaban J connectivity index is 2.92. The van der Waals surface area contributed by atoms with E-state index in [1.165, 1.54) is 0 Å². The van der Waals surface area contributed by atoms with Crippen molar-refractivity contribution in [3.63, 3.8) is 0 Å². The highest BCUT2D eigenvalue weighted by Crippen LogP contribution is 2.38. The molecule has 7 heteroatoms. The average molecular weight is 460 g/mol. The molecule has 0 bridgehead atoms. The van der Waals surface area contributed by atoms with Gasteiger partial charge in [-0.1, -0.05) is 45.4 Å². The zero-order valence-electron chi connectivity index (χ0n) is 19.2. The molecule has 0 amide bonds. The summed E-state index contributed by atoms with van der Waals surface area (Å²) in [6.07, 6.45) is 4.74. The Morgan fingerprint density at radius 2 is 2.03 bits per heavy atom. The fourth-order valence-corrected chi connectivity index (χ4v) is 4.42. The number of hydrogen-bond donors (Lipinski definition) is 1. The van der Waals surface area contributed by atoms with E-state index < -0.39 is 8.32 Å². The number of aliphatic hydroxyl groups is 1. The lowest BCUT2D eigenvalue weighted by molar-refractivity contribution is 0.0961. The van der Waals surface area contributed by atoms with Gasteiger partial charge in [0.05, 0.1) is 30.0 Å². The molecule has 0 fully saturated rings. The Kier molecular flexibility index (Phi) is 10.8. The third kappa shape index (κ3) is 9.45. The highest BCUT2D eigenvalue weighted by atomic mass is 35.5. The smallest absolute Gasteiger partial charge is 0.192 e.